The first kappa shape index (κ1) is 15.2. The van der Waals surface area contributed by atoms with Crippen molar-refractivity contribution in [2.45, 2.75) is 13.3 Å². The van der Waals surface area contributed by atoms with Crippen LogP contribution in [0.4, 0.5) is 15.8 Å². The number of anilines is 2. The fourth-order valence-electron chi connectivity index (χ4n) is 2.73. The summed E-state index contributed by atoms with van der Waals surface area (Å²) in [5, 5.41) is 2.56. The van der Waals surface area contributed by atoms with Crippen molar-refractivity contribution in [1.82, 2.24) is 0 Å². The number of rotatable bonds is 3. The van der Waals surface area contributed by atoms with Crippen LogP contribution < -0.4 is 10.2 Å². The minimum atomic E-state index is -0.485. The molecule has 0 aliphatic carbocycles. The van der Waals surface area contributed by atoms with Crippen molar-refractivity contribution in [3.05, 3.63) is 59.9 Å². The van der Waals surface area contributed by atoms with Crippen LogP contribution in [-0.2, 0) is 9.59 Å². The highest BCUT2D eigenvalue weighted by Gasteiger charge is 2.35. The zero-order chi connectivity index (χ0) is 16.4. The van der Waals surface area contributed by atoms with Gasteiger partial charge in [0.15, 0.2) is 0 Å². The number of hydrogen-bond donors (Lipinski definition) is 1. The third kappa shape index (κ3) is 3.23. The summed E-state index contributed by atoms with van der Waals surface area (Å²) in [6, 6.07) is 13.6. The number of amides is 2. The first-order valence-corrected chi connectivity index (χ1v) is 7.47. The Morgan fingerprint density at radius 1 is 1.22 bits per heavy atom. The first-order valence-electron chi connectivity index (χ1n) is 7.47. The molecule has 1 saturated heterocycles. The maximum Gasteiger partial charge on any atom is 0.229 e. The van der Waals surface area contributed by atoms with E-state index < -0.39 is 11.7 Å². The highest BCUT2D eigenvalue weighted by molar-refractivity contribution is 6.03. The summed E-state index contributed by atoms with van der Waals surface area (Å²) < 4.78 is 13.6. The standard InChI is InChI=1S/C18H17FN2O2/c1-12-5-4-6-14(9-12)21-11-13(10-17(21)22)18(23)20-16-8-3-2-7-15(16)19/h2-9,13H,10-11H2,1H3,(H,20,23). The van der Waals surface area contributed by atoms with Crippen LogP contribution in [0.25, 0.3) is 0 Å². The van der Waals surface area contributed by atoms with Crippen molar-refractivity contribution in [3.63, 3.8) is 0 Å². The fourth-order valence-corrected chi connectivity index (χ4v) is 2.73. The lowest BCUT2D eigenvalue weighted by molar-refractivity contribution is -0.122. The lowest BCUT2D eigenvalue weighted by atomic mass is 10.1. The number of carbonyl (C=O) groups excluding carboxylic acids is 2. The molecule has 0 aromatic heterocycles. The number of nitrogens with one attached hydrogen (secondary N) is 1. The molecule has 4 nitrogen and oxygen atoms in total. The average Bonchev–Trinajstić information content (AvgIpc) is 2.92. The summed E-state index contributed by atoms with van der Waals surface area (Å²) in [5.41, 5.74) is 1.98. The predicted molar refractivity (Wildman–Crippen MR) is 86.7 cm³/mol. The van der Waals surface area contributed by atoms with Crippen LogP contribution in [0.1, 0.15) is 12.0 Å². The van der Waals surface area contributed by atoms with E-state index in [1.807, 2.05) is 31.2 Å². The Kier molecular flexibility index (Phi) is 4.10. The lowest BCUT2D eigenvalue weighted by Gasteiger charge is -2.17. The van der Waals surface area contributed by atoms with Gasteiger partial charge in [0, 0.05) is 18.7 Å². The van der Waals surface area contributed by atoms with E-state index in [-0.39, 0.29) is 23.9 Å². The SMILES string of the molecule is Cc1cccc(N2CC(C(=O)Nc3ccccc3F)CC2=O)c1. The molecule has 2 amide bonds. The average molecular weight is 312 g/mol. The van der Waals surface area contributed by atoms with Gasteiger partial charge in [0.25, 0.3) is 0 Å². The lowest BCUT2D eigenvalue weighted by Crippen LogP contribution is -2.28. The minimum Gasteiger partial charge on any atom is -0.323 e. The first-order chi connectivity index (χ1) is 11.0. The van der Waals surface area contributed by atoms with E-state index in [4.69, 9.17) is 0 Å². The van der Waals surface area contributed by atoms with Gasteiger partial charge in [0.05, 0.1) is 11.6 Å². The van der Waals surface area contributed by atoms with Crippen LogP contribution in [0, 0.1) is 18.7 Å². The van der Waals surface area contributed by atoms with E-state index in [2.05, 4.69) is 5.32 Å². The largest absolute Gasteiger partial charge is 0.323 e. The van der Waals surface area contributed by atoms with Crippen molar-refractivity contribution in [3.8, 4) is 0 Å². The quantitative estimate of drug-likeness (QED) is 0.946. The van der Waals surface area contributed by atoms with Gasteiger partial charge in [-0.2, -0.15) is 0 Å². The smallest absolute Gasteiger partial charge is 0.229 e. The molecule has 2 aromatic rings. The Hall–Kier alpha value is -2.69. The van der Waals surface area contributed by atoms with Crippen molar-refractivity contribution in [1.29, 1.82) is 0 Å². The number of benzene rings is 2. The van der Waals surface area contributed by atoms with E-state index in [1.165, 1.54) is 12.1 Å². The maximum atomic E-state index is 13.6. The van der Waals surface area contributed by atoms with Crippen molar-refractivity contribution >= 4 is 23.2 Å². The molecule has 1 N–H and O–H groups in total. The van der Waals surface area contributed by atoms with Crippen molar-refractivity contribution in [2.24, 2.45) is 5.92 Å². The number of nitrogens with zero attached hydrogens (tertiary/aromatic N) is 1. The molecule has 5 heteroatoms. The Labute approximate surface area is 133 Å². The normalized spacial score (nSPS) is 17.4. The van der Waals surface area contributed by atoms with E-state index in [1.54, 1.807) is 17.0 Å². The number of para-hydroxylation sites is 1. The molecule has 0 spiro atoms. The summed E-state index contributed by atoms with van der Waals surface area (Å²) in [4.78, 5) is 26.1. The number of carbonyl (C=O) groups is 2. The van der Waals surface area contributed by atoms with Gasteiger partial charge in [-0.3, -0.25) is 9.59 Å². The minimum absolute atomic E-state index is 0.0933. The molecule has 3 rings (SSSR count). The molecule has 0 saturated carbocycles. The molecule has 1 fully saturated rings. The molecule has 118 valence electrons. The Morgan fingerprint density at radius 3 is 2.74 bits per heavy atom. The van der Waals surface area contributed by atoms with Crippen LogP contribution in [0.2, 0.25) is 0 Å². The van der Waals surface area contributed by atoms with E-state index in [0.29, 0.717) is 6.54 Å². The zero-order valence-electron chi connectivity index (χ0n) is 12.8. The topological polar surface area (TPSA) is 49.4 Å². The Balaban J connectivity index is 1.72. The predicted octanol–water partition coefficient (Wildman–Crippen LogP) is 3.13. The monoisotopic (exact) mass is 312 g/mol. The van der Waals surface area contributed by atoms with Crippen LogP contribution in [-0.4, -0.2) is 18.4 Å². The maximum absolute atomic E-state index is 13.6. The summed E-state index contributed by atoms with van der Waals surface area (Å²) in [6.45, 7) is 2.26. The second-order valence-corrected chi connectivity index (χ2v) is 5.71. The van der Waals surface area contributed by atoms with Gasteiger partial charge >= 0.3 is 0 Å². The van der Waals surface area contributed by atoms with Gasteiger partial charge in [0.1, 0.15) is 5.82 Å². The van der Waals surface area contributed by atoms with Gasteiger partial charge < -0.3 is 10.2 Å². The van der Waals surface area contributed by atoms with Crippen molar-refractivity contribution < 1.29 is 14.0 Å². The molecule has 1 heterocycles. The van der Waals surface area contributed by atoms with E-state index in [9.17, 15) is 14.0 Å². The van der Waals surface area contributed by atoms with Gasteiger partial charge in [-0.15, -0.1) is 0 Å². The second-order valence-electron chi connectivity index (χ2n) is 5.71. The van der Waals surface area contributed by atoms with Gasteiger partial charge in [-0.05, 0) is 36.8 Å². The van der Waals surface area contributed by atoms with Crippen LogP contribution in [0.15, 0.2) is 48.5 Å². The molecule has 0 radical (unpaired) electrons. The summed E-state index contributed by atoms with van der Waals surface area (Å²) >= 11 is 0. The zero-order valence-corrected chi connectivity index (χ0v) is 12.8. The molecular weight excluding hydrogens is 295 g/mol. The van der Waals surface area contributed by atoms with Crippen LogP contribution in [0.3, 0.4) is 0 Å². The summed E-state index contributed by atoms with van der Waals surface area (Å²) in [5.74, 6) is -1.40. The fraction of sp³-hybridized carbons (Fsp3) is 0.222. The van der Waals surface area contributed by atoms with Gasteiger partial charge in [-0.25, -0.2) is 4.39 Å². The highest BCUT2D eigenvalue weighted by Crippen LogP contribution is 2.27. The number of halogens is 1. The van der Waals surface area contributed by atoms with E-state index >= 15 is 0 Å². The summed E-state index contributed by atoms with van der Waals surface area (Å²) in [7, 11) is 0. The molecule has 1 atom stereocenters. The second kappa shape index (κ2) is 6.20. The molecule has 2 aromatic carbocycles. The molecule has 0 bridgehead atoms. The van der Waals surface area contributed by atoms with Gasteiger partial charge in [0.2, 0.25) is 11.8 Å². The molecule has 1 aliphatic heterocycles. The van der Waals surface area contributed by atoms with Gasteiger partial charge in [-0.1, -0.05) is 24.3 Å². The molecule has 1 aliphatic rings. The number of aryl methyl sites for hydroxylation is 1. The molecule has 1 unspecified atom stereocenters. The third-order valence-corrected chi connectivity index (χ3v) is 3.94. The Morgan fingerprint density at radius 2 is 2.00 bits per heavy atom. The highest BCUT2D eigenvalue weighted by atomic mass is 19.1. The Bertz CT molecular complexity index is 760. The van der Waals surface area contributed by atoms with Crippen molar-refractivity contribution in [2.75, 3.05) is 16.8 Å². The van der Waals surface area contributed by atoms with Crippen LogP contribution in [0.5, 0.6) is 0 Å². The third-order valence-electron chi connectivity index (χ3n) is 3.94. The number of hydrogen-bond acceptors (Lipinski definition) is 2. The van der Waals surface area contributed by atoms with E-state index in [0.717, 1.165) is 11.3 Å². The molecule has 23 heavy (non-hydrogen) atoms. The summed E-state index contributed by atoms with van der Waals surface area (Å²) in [6.07, 6.45) is 0.133. The van der Waals surface area contributed by atoms with Crippen LogP contribution >= 0.6 is 0 Å². The molecular formula is C18H17FN2O2.